The maximum absolute atomic E-state index is 12.3. The summed E-state index contributed by atoms with van der Waals surface area (Å²) in [6.07, 6.45) is 0. The highest BCUT2D eigenvalue weighted by molar-refractivity contribution is 5.77. The fourth-order valence-corrected chi connectivity index (χ4v) is 3.15. The Morgan fingerprint density at radius 1 is 1.12 bits per heavy atom. The van der Waals surface area contributed by atoms with Crippen molar-refractivity contribution in [2.45, 2.75) is 13.0 Å². The number of nitrogens with one attached hydrogen (secondary N) is 1. The monoisotopic (exact) mass is 354 g/mol. The quantitative estimate of drug-likeness (QED) is 0.830. The summed E-state index contributed by atoms with van der Waals surface area (Å²) in [6.45, 7) is 5.75. The second kappa shape index (κ2) is 9.36. The number of ether oxygens (including phenoxy) is 2. The number of benzene rings is 2. The van der Waals surface area contributed by atoms with Crippen molar-refractivity contribution in [2.75, 3.05) is 39.5 Å². The number of hydrogen-bond donors (Lipinski definition) is 1. The van der Waals surface area contributed by atoms with Crippen molar-refractivity contribution in [3.05, 3.63) is 65.7 Å². The summed E-state index contributed by atoms with van der Waals surface area (Å²) in [5.41, 5.74) is 2.23. The molecular weight excluding hydrogens is 328 g/mol. The lowest BCUT2D eigenvalue weighted by Gasteiger charge is -2.34. The molecular formula is C21H26N2O3. The van der Waals surface area contributed by atoms with Crippen LogP contribution >= 0.6 is 0 Å². The van der Waals surface area contributed by atoms with Gasteiger partial charge in [-0.2, -0.15) is 0 Å². The van der Waals surface area contributed by atoms with Gasteiger partial charge in [-0.1, -0.05) is 48.5 Å². The number of hydrogen-bond acceptors (Lipinski definition) is 4. The van der Waals surface area contributed by atoms with Gasteiger partial charge < -0.3 is 14.8 Å². The third-order valence-corrected chi connectivity index (χ3v) is 4.62. The minimum Gasteiger partial charge on any atom is -0.484 e. The molecule has 138 valence electrons. The van der Waals surface area contributed by atoms with Crippen molar-refractivity contribution in [2.24, 2.45) is 0 Å². The molecule has 5 heteroatoms. The van der Waals surface area contributed by atoms with Gasteiger partial charge in [0.05, 0.1) is 19.3 Å². The SMILES string of the molecule is Cc1ccccc1OCC(=O)NC[C@H](c1ccccc1)N1CCOCC1. The molecule has 0 bridgehead atoms. The molecule has 0 spiro atoms. The average molecular weight is 354 g/mol. The minimum atomic E-state index is -0.109. The molecule has 1 saturated heterocycles. The van der Waals surface area contributed by atoms with Crippen molar-refractivity contribution in [1.29, 1.82) is 0 Å². The van der Waals surface area contributed by atoms with Crippen LogP contribution in [0.1, 0.15) is 17.2 Å². The Labute approximate surface area is 154 Å². The number of aryl methyl sites for hydroxylation is 1. The Kier molecular flexibility index (Phi) is 6.63. The first-order valence-corrected chi connectivity index (χ1v) is 9.06. The zero-order chi connectivity index (χ0) is 18.2. The highest BCUT2D eigenvalue weighted by Crippen LogP contribution is 2.21. The van der Waals surface area contributed by atoms with E-state index < -0.39 is 0 Å². The van der Waals surface area contributed by atoms with Gasteiger partial charge in [-0.25, -0.2) is 0 Å². The fourth-order valence-electron chi connectivity index (χ4n) is 3.15. The maximum atomic E-state index is 12.3. The lowest BCUT2D eigenvalue weighted by atomic mass is 10.0. The Morgan fingerprint density at radius 3 is 2.54 bits per heavy atom. The molecule has 1 fully saturated rings. The minimum absolute atomic E-state index is 0.0233. The van der Waals surface area contributed by atoms with Gasteiger partial charge in [-0.05, 0) is 24.1 Å². The van der Waals surface area contributed by atoms with E-state index in [1.807, 2.05) is 49.4 Å². The largest absolute Gasteiger partial charge is 0.484 e. The number of carbonyl (C=O) groups is 1. The lowest BCUT2D eigenvalue weighted by Crippen LogP contribution is -2.44. The molecule has 1 heterocycles. The van der Waals surface area contributed by atoms with E-state index in [1.165, 1.54) is 5.56 Å². The molecule has 0 saturated carbocycles. The van der Waals surface area contributed by atoms with Crippen molar-refractivity contribution in [3.63, 3.8) is 0 Å². The Bertz CT molecular complexity index is 699. The number of carbonyl (C=O) groups excluding carboxylic acids is 1. The first-order chi connectivity index (χ1) is 12.7. The van der Waals surface area contributed by atoms with Gasteiger partial charge in [0.15, 0.2) is 6.61 Å². The maximum Gasteiger partial charge on any atom is 0.258 e. The molecule has 0 aliphatic carbocycles. The van der Waals surface area contributed by atoms with Crippen LogP contribution in [0, 0.1) is 6.92 Å². The Morgan fingerprint density at radius 2 is 1.81 bits per heavy atom. The molecule has 0 unspecified atom stereocenters. The molecule has 0 radical (unpaired) electrons. The average Bonchev–Trinajstić information content (AvgIpc) is 2.69. The second-order valence-electron chi connectivity index (χ2n) is 6.43. The standard InChI is InChI=1S/C21H26N2O3/c1-17-7-5-6-10-20(17)26-16-21(24)22-15-19(18-8-3-2-4-9-18)23-11-13-25-14-12-23/h2-10,19H,11-16H2,1H3,(H,22,24)/t19-/m1/s1. The zero-order valence-electron chi connectivity index (χ0n) is 15.2. The number of rotatable bonds is 7. The third kappa shape index (κ3) is 5.07. The van der Waals surface area contributed by atoms with Gasteiger partial charge in [0, 0.05) is 19.6 Å². The van der Waals surface area contributed by atoms with Crippen LogP contribution in [0.15, 0.2) is 54.6 Å². The predicted molar refractivity (Wildman–Crippen MR) is 101 cm³/mol. The van der Waals surface area contributed by atoms with Gasteiger partial charge >= 0.3 is 0 Å². The third-order valence-electron chi connectivity index (χ3n) is 4.62. The topological polar surface area (TPSA) is 50.8 Å². The second-order valence-corrected chi connectivity index (χ2v) is 6.43. The molecule has 26 heavy (non-hydrogen) atoms. The lowest BCUT2D eigenvalue weighted by molar-refractivity contribution is -0.123. The molecule has 1 aliphatic rings. The summed E-state index contributed by atoms with van der Waals surface area (Å²) in [7, 11) is 0. The van der Waals surface area contributed by atoms with Crippen LogP contribution in [0.2, 0.25) is 0 Å². The van der Waals surface area contributed by atoms with Gasteiger partial charge in [0.1, 0.15) is 5.75 Å². The van der Waals surface area contributed by atoms with Crippen LogP contribution in [-0.2, 0) is 9.53 Å². The van der Waals surface area contributed by atoms with Crippen LogP contribution in [-0.4, -0.2) is 50.3 Å². The van der Waals surface area contributed by atoms with Crippen LogP contribution in [0.4, 0.5) is 0 Å². The predicted octanol–water partition coefficient (Wildman–Crippen LogP) is 2.56. The van der Waals surface area contributed by atoms with E-state index in [-0.39, 0.29) is 18.6 Å². The summed E-state index contributed by atoms with van der Waals surface area (Å²) in [5, 5.41) is 3.02. The summed E-state index contributed by atoms with van der Waals surface area (Å²) in [5.74, 6) is 0.637. The molecule has 1 aliphatic heterocycles. The van der Waals surface area contributed by atoms with Crippen LogP contribution in [0.3, 0.4) is 0 Å². The van der Waals surface area contributed by atoms with E-state index in [4.69, 9.17) is 9.47 Å². The Hall–Kier alpha value is -2.37. The van der Waals surface area contributed by atoms with Crippen molar-refractivity contribution in [1.82, 2.24) is 10.2 Å². The van der Waals surface area contributed by atoms with E-state index in [0.717, 1.165) is 37.6 Å². The molecule has 2 aromatic rings. The first-order valence-electron chi connectivity index (χ1n) is 9.06. The smallest absolute Gasteiger partial charge is 0.258 e. The highest BCUT2D eigenvalue weighted by Gasteiger charge is 2.23. The summed E-state index contributed by atoms with van der Waals surface area (Å²) >= 11 is 0. The number of morpholine rings is 1. The number of nitrogens with zero attached hydrogens (tertiary/aromatic N) is 1. The van der Waals surface area contributed by atoms with E-state index >= 15 is 0 Å². The molecule has 2 aromatic carbocycles. The normalized spacial score (nSPS) is 16.0. The molecule has 1 atom stereocenters. The zero-order valence-corrected chi connectivity index (χ0v) is 15.2. The van der Waals surface area contributed by atoms with E-state index in [0.29, 0.717) is 6.54 Å². The molecule has 1 amide bonds. The van der Waals surface area contributed by atoms with E-state index in [2.05, 4.69) is 22.3 Å². The first kappa shape index (κ1) is 18.4. The molecule has 3 rings (SSSR count). The van der Waals surface area contributed by atoms with E-state index in [9.17, 15) is 4.79 Å². The molecule has 5 nitrogen and oxygen atoms in total. The van der Waals surface area contributed by atoms with Crippen molar-refractivity contribution < 1.29 is 14.3 Å². The van der Waals surface area contributed by atoms with Crippen molar-refractivity contribution >= 4 is 5.91 Å². The highest BCUT2D eigenvalue weighted by atomic mass is 16.5. The summed E-state index contributed by atoms with van der Waals surface area (Å²) in [4.78, 5) is 14.6. The van der Waals surface area contributed by atoms with Gasteiger partial charge in [-0.15, -0.1) is 0 Å². The van der Waals surface area contributed by atoms with Crippen LogP contribution in [0.25, 0.3) is 0 Å². The van der Waals surface area contributed by atoms with Crippen LogP contribution < -0.4 is 10.1 Å². The van der Waals surface area contributed by atoms with Crippen molar-refractivity contribution in [3.8, 4) is 5.75 Å². The molecule has 0 aromatic heterocycles. The summed E-state index contributed by atoms with van der Waals surface area (Å²) in [6, 6.07) is 18.1. The van der Waals surface area contributed by atoms with E-state index in [1.54, 1.807) is 0 Å². The van der Waals surface area contributed by atoms with Gasteiger partial charge in [-0.3, -0.25) is 9.69 Å². The summed E-state index contributed by atoms with van der Waals surface area (Å²) < 4.78 is 11.1. The number of amides is 1. The van der Waals surface area contributed by atoms with Gasteiger partial charge in [0.25, 0.3) is 5.91 Å². The number of para-hydroxylation sites is 1. The fraction of sp³-hybridized carbons (Fsp3) is 0.381. The van der Waals surface area contributed by atoms with Gasteiger partial charge in [0.2, 0.25) is 0 Å². The van der Waals surface area contributed by atoms with Crippen LogP contribution in [0.5, 0.6) is 5.75 Å². The Balaban J connectivity index is 1.56. The molecule has 1 N–H and O–H groups in total.